The fraction of sp³-hybridized carbons (Fsp3) is 0.267. The van der Waals surface area contributed by atoms with Crippen molar-refractivity contribution in [1.29, 1.82) is 0 Å². The zero-order valence-corrected chi connectivity index (χ0v) is 21.7. The van der Waals surface area contributed by atoms with Gasteiger partial charge in [-0.1, -0.05) is 60.7 Å². The number of hydrogen-bond donors (Lipinski definition) is 1. The minimum Gasteiger partial charge on any atom is -0.480 e. The topological polar surface area (TPSA) is 119 Å². The lowest BCUT2D eigenvalue weighted by Crippen LogP contribution is -2.44. The van der Waals surface area contributed by atoms with E-state index >= 15 is 0 Å². The lowest BCUT2D eigenvalue weighted by molar-refractivity contribution is -0.163. The number of Topliss-reactive ketones (excluding diaryl/α,β-unsaturated/α-hetero) is 1. The predicted octanol–water partition coefficient (Wildman–Crippen LogP) is 4.07. The smallest absolute Gasteiger partial charge is 0.375 e. The molecule has 1 N–H and O–H groups in total. The Kier molecular flexibility index (Phi) is 6.38. The first-order valence-corrected chi connectivity index (χ1v) is 12.4. The minimum atomic E-state index is -1.55. The molecule has 0 bridgehead atoms. The van der Waals surface area contributed by atoms with Gasteiger partial charge in [0.05, 0.1) is 0 Å². The third-order valence-corrected chi connectivity index (χ3v) is 6.48. The Morgan fingerprint density at radius 2 is 1.49 bits per heavy atom. The van der Waals surface area contributed by atoms with Gasteiger partial charge in [0.15, 0.2) is 11.5 Å². The number of fused-ring (bicyclic) bond motifs is 2. The van der Waals surface area contributed by atoms with Gasteiger partial charge in [0, 0.05) is 29.7 Å². The van der Waals surface area contributed by atoms with Crippen LogP contribution in [-0.2, 0) is 31.5 Å². The molecule has 3 aromatic carbocycles. The van der Waals surface area contributed by atoms with Crippen LogP contribution in [0.5, 0.6) is 11.5 Å². The molecule has 2 aliphatic rings. The molecule has 2 aliphatic heterocycles. The number of carboxylic acids is 1. The minimum absolute atomic E-state index is 0.0763. The zero-order chi connectivity index (χ0) is 27.9. The Balaban J connectivity index is 1.42. The number of carbonyl (C=O) groups excluding carboxylic acids is 3. The van der Waals surface area contributed by atoms with Crippen LogP contribution in [-0.4, -0.2) is 45.3 Å². The SMILES string of the molecule is CC(C)(C)OC(=O)C(=O)CC(C(=O)O)N1Cc2cc3c(cc2C1=O)OC(c1ccccc1)(c1ccccc1)O3. The van der Waals surface area contributed by atoms with E-state index < -0.39 is 47.5 Å². The fourth-order valence-electron chi connectivity index (χ4n) is 4.73. The molecule has 0 aromatic heterocycles. The lowest BCUT2D eigenvalue weighted by Gasteiger charge is -2.28. The fourth-order valence-corrected chi connectivity index (χ4v) is 4.73. The van der Waals surface area contributed by atoms with Crippen molar-refractivity contribution in [2.24, 2.45) is 0 Å². The van der Waals surface area contributed by atoms with E-state index in [1.165, 1.54) is 6.07 Å². The quantitative estimate of drug-likeness (QED) is 0.359. The van der Waals surface area contributed by atoms with Gasteiger partial charge in [-0.15, -0.1) is 0 Å². The number of esters is 1. The van der Waals surface area contributed by atoms with Gasteiger partial charge in [0.25, 0.3) is 5.91 Å². The van der Waals surface area contributed by atoms with E-state index in [4.69, 9.17) is 14.2 Å². The lowest BCUT2D eigenvalue weighted by atomic mass is 9.97. The summed E-state index contributed by atoms with van der Waals surface area (Å²) in [6, 6.07) is 20.5. The molecule has 9 nitrogen and oxygen atoms in total. The van der Waals surface area contributed by atoms with Crippen molar-refractivity contribution < 1.29 is 38.5 Å². The highest BCUT2D eigenvalue weighted by atomic mass is 16.7. The number of carboxylic acid groups (broad SMARTS) is 1. The number of nitrogens with zero attached hydrogens (tertiary/aromatic N) is 1. The van der Waals surface area contributed by atoms with E-state index in [2.05, 4.69) is 0 Å². The Bertz CT molecular complexity index is 1420. The third kappa shape index (κ3) is 4.83. The summed E-state index contributed by atoms with van der Waals surface area (Å²) in [6.07, 6.45) is -0.707. The van der Waals surface area contributed by atoms with Crippen LogP contribution < -0.4 is 9.47 Å². The summed E-state index contributed by atoms with van der Waals surface area (Å²) in [5.74, 6) is -4.70. The van der Waals surface area contributed by atoms with Crippen molar-refractivity contribution in [1.82, 2.24) is 4.90 Å². The van der Waals surface area contributed by atoms with E-state index in [1.807, 2.05) is 60.7 Å². The molecular weight excluding hydrogens is 502 g/mol. The molecule has 0 aliphatic carbocycles. The Morgan fingerprint density at radius 3 is 2.00 bits per heavy atom. The van der Waals surface area contributed by atoms with Crippen LogP contribution in [0.1, 0.15) is 54.2 Å². The maximum absolute atomic E-state index is 13.4. The molecule has 3 aromatic rings. The van der Waals surface area contributed by atoms with Gasteiger partial charge in [-0.3, -0.25) is 9.59 Å². The van der Waals surface area contributed by atoms with Crippen molar-refractivity contribution in [3.63, 3.8) is 0 Å². The first kappa shape index (κ1) is 26.0. The summed E-state index contributed by atoms with van der Waals surface area (Å²) < 4.78 is 17.9. The molecule has 2 heterocycles. The van der Waals surface area contributed by atoms with Crippen LogP contribution in [0.3, 0.4) is 0 Å². The highest BCUT2D eigenvalue weighted by molar-refractivity contribution is 6.34. The van der Waals surface area contributed by atoms with Gasteiger partial charge in [-0.2, -0.15) is 0 Å². The number of hydrogen-bond acceptors (Lipinski definition) is 7. The van der Waals surface area contributed by atoms with Crippen molar-refractivity contribution in [3.8, 4) is 11.5 Å². The summed E-state index contributed by atoms with van der Waals surface area (Å²) in [7, 11) is 0. The summed E-state index contributed by atoms with van der Waals surface area (Å²) >= 11 is 0. The second kappa shape index (κ2) is 9.58. The van der Waals surface area contributed by atoms with Gasteiger partial charge >= 0.3 is 17.7 Å². The molecule has 39 heavy (non-hydrogen) atoms. The molecule has 0 saturated heterocycles. The second-order valence-corrected chi connectivity index (χ2v) is 10.4. The molecule has 200 valence electrons. The molecule has 5 rings (SSSR count). The van der Waals surface area contributed by atoms with Crippen molar-refractivity contribution in [2.75, 3.05) is 0 Å². The Labute approximate surface area is 224 Å². The number of amides is 1. The molecule has 1 atom stereocenters. The first-order valence-electron chi connectivity index (χ1n) is 12.4. The van der Waals surface area contributed by atoms with Gasteiger partial charge in [0.2, 0.25) is 5.78 Å². The summed E-state index contributed by atoms with van der Waals surface area (Å²) in [5.41, 5.74) is 1.36. The zero-order valence-electron chi connectivity index (χ0n) is 21.7. The molecule has 1 amide bonds. The van der Waals surface area contributed by atoms with E-state index in [0.717, 1.165) is 16.0 Å². The molecule has 0 radical (unpaired) electrons. The van der Waals surface area contributed by atoms with Crippen LogP contribution in [0, 0.1) is 0 Å². The van der Waals surface area contributed by atoms with Crippen LogP contribution >= 0.6 is 0 Å². The monoisotopic (exact) mass is 529 g/mol. The molecule has 1 unspecified atom stereocenters. The van der Waals surface area contributed by atoms with Crippen molar-refractivity contribution in [3.05, 3.63) is 95.1 Å². The standard InChI is InChI=1S/C30H27NO8/c1-29(2,3)39-28(36)23(32)16-22(27(34)35)31-17-18-14-24-25(15-21(18)26(31)33)38-30(37-24,19-10-6-4-7-11-19)20-12-8-5-9-13-20/h4-15,22H,16-17H2,1-3H3,(H,34,35). The predicted molar refractivity (Wildman–Crippen MR) is 138 cm³/mol. The maximum atomic E-state index is 13.4. The van der Waals surface area contributed by atoms with Gasteiger partial charge < -0.3 is 24.2 Å². The van der Waals surface area contributed by atoms with E-state index in [9.17, 15) is 24.3 Å². The number of ketones is 1. The van der Waals surface area contributed by atoms with Crippen LogP contribution in [0.2, 0.25) is 0 Å². The maximum Gasteiger partial charge on any atom is 0.375 e. The largest absolute Gasteiger partial charge is 0.480 e. The van der Waals surface area contributed by atoms with Crippen LogP contribution in [0.15, 0.2) is 72.8 Å². The number of ether oxygens (including phenoxy) is 3. The molecule has 0 saturated carbocycles. The highest BCUT2D eigenvalue weighted by Gasteiger charge is 2.47. The number of aliphatic carboxylic acids is 1. The van der Waals surface area contributed by atoms with Crippen LogP contribution in [0.4, 0.5) is 0 Å². The second-order valence-electron chi connectivity index (χ2n) is 10.4. The summed E-state index contributed by atoms with van der Waals surface area (Å²) in [4.78, 5) is 51.1. The number of carbonyl (C=O) groups is 4. The van der Waals surface area contributed by atoms with Gasteiger partial charge in [0.1, 0.15) is 11.6 Å². The average molecular weight is 530 g/mol. The Morgan fingerprint density at radius 1 is 0.949 bits per heavy atom. The number of benzene rings is 3. The Hall–Kier alpha value is -4.66. The summed E-state index contributed by atoms with van der Waals surface area (Å²) in [5, 5.41) is 9.83. The van der Waals surface area contributed by atoms with Gasteiger partial charge in [-0.05, 0) is 38.5 Å². The van der Waals surface area contributed by atoms with Crippen molar-refractivity contribution in [2.45, 2.75) is 51.2 Å². The van der Waals surface area contributed by atoms with Crippen LogP contribution in [0.25, 0.3) is 0 Å². The molecule has 0 spiro atoms. The molecule has 0 fully saturated rings. The highest BCUT2D eigenvalue weighted by Crippen LogP contribution is 2.49. The van der Waals surface area contributed by atoms with Crippen molar-refractivity contribution >= 4 is 23.6 Å². The third-order valence-electron chi connectivity index (χ3n) is 6.48. The first-order chi connectivity index (χ1) is 18.5. The average Bonchev–Trinajstić information content (AvgIpc) is 3.43. The van der Waals surface area contributed by atoms with E-state index in [0.29, 0.717) is 17.1 Å². The molecule has 9 heteroatoms. The normalized spacial score (nSPS) is 16.0. The number of rotatable bonds is 7. The van der Waals surface area contributed by atoms with E-state index in [1.54, 1.807) is 26.8 Å². The van der Waals surface area contributed by atoms with Gasteiger partial charge in [-0.25, -0.2) is 9.59 Å². The molecular formula is C30H27NO8. The van der Waals surface area contributed by atoms with E-state index in [-0.39, 0.29) is 12.1 Å². The summed E-state index contributed by atoms with van der Waals surface area (Å²) in [6.45, 7) is 4.72.